The first-order valence-electron chi connectivity index (χ1n) is 36.3. The second kappa shape index (κ2) is 45.6. The van der Waals surface area contributed by atoms with E-state index in [1.54, 1.807) is 0 Å². The zero-order valence-electron chi connectivity index (χ0n) is 55.4. The van der Waals surface area contributed by atoms with Crippen LogP contribution in [0, 0.1) is 25.7 Å². The minimum absolute atomic E-state index is 0.0129. The summed E-state index contributed by atoms with van der Waals surface area (Å²) in [6.45, 7) is 15.0. The van der Waals surface area contributed by atoms with Crippen LogP contribution in [0.4, 0.5) is 0 Å². The van der Waals surface area contributed by atoms with Crippen molar-refractivity contribution in [3.63, 3.8) is 0 Å². The van der Waals surface area contributed by atoms with E-state index in [4.69, 9.17) is 0 Å². The van der Waals surface area contributed by atoms with E-state index in [2.05, 4.69) is 111 Å². The summed E-state index contributed by atoms with van der Waals surface area (Å²) in [6.07, 6.45) is 62.2. The molecule has 0 saturated heterocycles. The summed E-state index contributed by atoms with van der Waals surface area (Å²) in [7, 11) is 0. The zero-order chi connectivity index (χ0) is 59.7. The van der Waals surface area contributed by atoms with Crippen LogP contribution in [0.15, 0.2) is 70.3 Å². The van der Waals surface area contributed by atoms with Crippen LogP contribution in [0.25, 0.3) is 41.0 Å². The third kappa shape index (κ3) is 28.3. The van der Waals surface area contributed by atoms with Gasteiger partial charge < -0.3 is 0 Å². The number of aryl methyl sites for hydroxylation is 4. The van der Waals surface area contributed by atoms with Crippen LogP contribution in [0.1, 0.15) is 333 Å². The molecule has 0 aliphatic rings. The average Bonchev–Trinajstić information content (AvgIpc) is 2.43. The van der Waals surface area contributed by atoms with Crippen molar-refractivity contribution in [2.45, 2.75) is 350 Å². The van der Waals surface area contributed by atoms with Crippen LogP contribution in [-0.2, 0) is 13.1 Å². The van der Waals surface area contributed by atoms with Gasteiger partial charge in [0.25, 0.3) is 0 Å². The van der Waals surface area contributed by atoms with Crippen LogP contribution in [0.2, 0.25) is 0 Å². The average molecular weight is 1280 g/mol. The molecule has 0 fully saturated rings. The summed E-state index contributed by atoms with van der Waals surface area (Å²) in [4.78, 5) is 30.6. The molecule has 0 N–H and O–H groups in total. The van der Waals surface area contributed by atoms with Gasteiger partial charge in [-0.15, -0.1) is 0 Å². The smallest absolute Gasteiger partial charge is 0.0654 e. The number of pyridine rings is 2. The molecule has 84 heavy (non-hydrogen) atoms. The number of rotatable bonds is 53. The molecule has 2 unspecified atom stereocenters. The quantitative estimate of drug-likeness (QED) is 0.0288. The van der Waals surface area contributed by atoms with E-state index in [9.17, 15) is 0 Å². The molecule has 4 heterocycles. The maximum atomic E-state index is 15.4. The van der Waals surface area contributed by atoms with Gasteiger partial charge in [0, 0.05) is 0 Å². The molecule has 0 saturated carbocycles. The Bertz CT molecular complexity index is 2540. The molecule has 0 bridgehead atoms. The van der Waals surface area contributed by atoms with Gasteiger partial charge in [0.1, 0.15) is 0 Å². The van der Waals surface area contributed by atoms with Crippen LogP contribution >= 0.6 is 0 Å². The molecule has 0 radical (unpaired) electrons. The first-order chi connectivity index (χ1) is 41.3. The van der Waals surface area contributed by atoms with Gasteiger partial charge in [0.05, 0.1) is 0 Å². The molecular weight excluding hydrogens is 1150 g/mol. The zero-order valence-corrected chi connectivity index (χ0v) is 58.8. The second-order valence-electron chi connectivity index (χ2n) is 26.4. The molecular formula is C78H126N2O2Se2. The van der Waals surface area contributed by atoms with E-state index in [-0.39, 0.29) is 40.1 Å². The van der Waals surface area contributed by atoms with Gasteiger partial charge in [-0.25, -0.2) is 0 Å². The fourth-order valence-electron chi connectivity index (χ4n) is 13.5. The number of fused-ring (bicyclic) bond motifs is 1. The molecule has 6 heteroatoms. The Kier molecular flexibility index (Phi) is 39.2. The van der Waals surface area contributed by atoms with Crippen LogP contribution in [-0.4, -0.2) is 38.1 Å². The monoisotopic (exact) mass is 1280 g/mol. The van der Waals surface area contributed by atoms with Crippen LogP contribution in [0.3, 0.4) is 0 Å². The van der Waals surface area contributed by atoms with E-state index in [1.807, 2.05) is 0 Å². The fourth-order valence-corrected chi connectivity index (χ4v) is 17.4. The Morgan fingerprint density at radius 1 is 0.321 bits per heavy atom. The molecule has 4 aromatic heterocycles. The minimum atomic E-state index is -0.0129. The molecule has 5 aromatic rings. The van der Waals surface area contributed by atoms with E-state index >= 15 is 9.59 Å². The first kappa shape index (κ1) is 72.1. The Morgan fingerprint density at radius 2 is 0.607 bits per heavy atom. The van der Waals surface area contributed by atoms with Crippen LogP contribution < -0.4 is 11.1 Å². The van der Waals surface area contributed by atoms with Gasteiger partial charge in [-0.05, 0) is 0 Å². The number of unbranched alkanes of at least 4 members (excludes halogenated alkanes) is 34. The third-order valence-electron chi connectivity index (χ3n) is 18.9. The molecule has 0 aliphatic carbocycles. The Morgan fingerprint density at radius 3 is 0.929 bits per heavy atom. The van der Waals surface area contributed by atoms with Crippen molar-refractivity contribution in [3.05, 3.63) is 91.4 Å². The number of aromatic nitrogens is 2. The molecule has 0 amide bonds. The molecule has 472 valence electrons. The Balaban J connectivity index is 1.37. The second-order valence-corrected chi connectivity index (χ2v) is 31.4. The normalized spacial score (nSPS) is 12.5. The van der Waals surface area contributed by atoms with Crippen molar-refractivity contribution in [2.24, 2.45) is 11.8 Å². The summed E-state index contributed by atoms with van der Waals surface area (Å²) >= 11 is 0.0989. The predicted octanol–water partition coefficient (Wildman–Crippen LogP) is 24.2. The fraction of sp³-hybridized carbons (Fsp3) is 0.718. The van der Waals surface area contributed by atoms with Gasteiger partial charge in [-0.3, -0.25) is 0 Å². The number of hydrogen-bond donors (Lipinski definition) is 0. The van der Waals surface area contributed by atoms with Crippen molar-refractivity contribution < 1.29 is 0 Å². The molecule has 4 nitrogen and oxygen atoms in total. The number of nitrogens with zero attached hydrogens (tertiary/aromatic N) is 2. The summed E-state index contributed by atoms with van der Waals surface area (Å²) in [6, 6.07) is 22.1. The Labute approximate surface area is 528 Å². The summed E-state index contributed by atoms with van der Waals surface area (Å²) < 4.78 is 9.27. The number of hydrogen-bond acceptors (Lipinski definition) is 2. The summed E-state index contributed by atoms with van der Waals surface area (Å²) in [5, 5.41) is 0. The van der Waals surface area contributed by atoms with E-state index in [0.717, 1.165) is 68.6 Å². The predicted molar refractivity (Wildman–Crippen MR) is 374 cm³/mol. The summed E-state index contributed by atoms with van der Waals surface area (Å²) in [5.74, 6) is 1.55. The molecule has 2 atom stereocenters. The molecule has 0 spiro atoms. The minimum Gasteiger partial charge on any atom is -0.0654 e. The van der Waals surface area contributed by atoms with E-state index in [1.165, 1.54) is 290 Å². The third-order valence-corrected chi connectivity index (χ3v) is 23.5. The van der Waals surface area contributed by atoms with Crippen molar-refractivity contribution in [3.8, 4) is 30.0 Å². The Hall–Kier alpha value is -2.62. The van der Waals surface area contributed by atoms with Crippen molar-refractivity contribution >= 4 is 40.0 Å². The number of benzene rings is 1. The molecule has 5 rings (SSSR count). The first-order valence-corrected chi connectivity index (χ1v) is 39.8. The van der Waals surface area contributed by atoms with Gasteiger partial charge in [0.2, 0.25) is 0 Å². The van der Waals surface area contributed by atoms with Crippen LogP contribution in [0.5, 0.6) is 0 Å². The van der Waals surface area contributed by atoms with E-state index in [0.29, 0.717) is 13.1 Å². The van der Waals surface area contributed by atoms with Gasteiger partial charge >= 0.3 is 325 Å². The SMILES string of the molecule is CCCCCCCCCCCCC(CCCCCCCCCC)CCCCn1c(=O)c(-c2ccc(C)[se]2)cc2c1cc(-c1ccc(-c3ccc(C)cc3)[se]1)c(=O)n2CCCCC(CCCCCCCCCC)CCCCCCCCCCCC. The van der Waals surface area contributed by atoms with Gasteiger partial charge in [-0.1, -0.05) is 207 Å². The van der Waals surface area contributed by atoms with E-state index < -0.39 is 0 Å². The summed E-state index contributed by atoms with van der Waals surface area (Å²) in [5.41, 5.74) is 6.32. The molecule has 1 aromatic carbocycles. The maximum absolute atomic E-state index is 15.4. The van der Waals surface area contributed by atoms with Crippen molar-refractivity contribution in [1.29, 1.82) is 0 Å². The van der Waals surface area contributed by atoms with Crippen molar-refractivity contribution in [1.82, 2.24) is 9.13 Å². The van der Waals surface area contributed by atoms with Gasteiger partial charge in [0.15, 0.2) is 0 Å². The standard InChI is InChI=1S/C78H126N2O2Se2/c1-7-11-15-19-23-27-29-33-37-41-49-67(47-39-35-31-25-21-17-13-9-3)51-43-45-61-79-73-64-71(76-60-59-74(84-76)69-56-53-65(5)54-57-69)78(82)80(72(73)63-70(77(79)81)75-58-55-66(6)83-75)62-46-44-52-68(48-40-36-32-26-22-18-14-10-4)50-42-38-34-30-28-24-20-16-12-8-2/h53-60,63-64,67-68H,7-52,61-62H2,1-6H3. The van der Waals surface area contributed by atoms with Crippen molar-refractivity contribution in [2.75, 3.05) is 0 Å². The molecule has 0 aliphatic heterocycles. The topological polar surface area (TPSA) is 44.0 Å². The van der Waals surface area contributed by atoms with Gasteiger partial charge in [-0.2, -0.15) is 0 Å².